The van der Waals surface area contributed by atoms with E-state index >= 15 is 0 Å². The number of esters is 1. The second-order valence-corrected chi connectivity index (χ2v) is 8.18. The molecule has 3 rings (SSSR count). The lowest BCUT2D eigenvalue weighted by molar-refractivity contribution is -0.137. The summed E-state index contributed by atoms with van der Waals surface area (Å²) in [6.07, 6.45) is 8.87. The Hall–Kier alpha value is -3.03. The number of aryl methyl sites for hydroxylation is 1. The number of hydrogen-bond donors (Lipinski definition) is 0. The summed E-state index contributed by atoms with van der Waals surface area (Å²) >= 11 is 7.70. The Morgan fingerprint density at radius 1 is 1.34 bits per heavy atom. The largest absolute Gasteiger partial charge is 0.487 e. The molecule has 0 N–H and O–H groups in total. The van der Waals surface area contributed by atoms with Crippen LogP contribution in [0, 0.1) is 6.92 Å². The number of para-hydroxylation sites is 1. The Morgan fingerprint density at radius 3 is 2.88 bits per heavy atom. The molecule has 0 aliphatic heterocycles. The van der Waals surface area contributed by atoms with Crippen LogP contribution in [0.5, 0.6) is 5.75 Å². The quantitative estimate of drug-likeness (QED) is 0.284. The predicted molar refractivity (Wildman–Crippen MR) is 130 cm³/mol. The molecule has 6 nitrogen and oxygen atoms in total. The van der Waals surface area contributed by atoms with Gasteiger partial charge in [0.1, 0.15) is 17.9 Å². The molecular formula is C24H24ClN3O3S. The Kier molecular flexibility index (Phi) is 8.14. The maximum absolute atomic E-state index is 11.5. The van der Waals surface area contributed by atoms with Gasteiger partial charge >= 0.3 is 5.97 Å². The average Bonchev–Trinajstić information content (AvgIpc) is 2.80. The summed E-state index contributed by atoms with van der Waals surface area (Å²) in [6.45, 7) is 8.01. The molecule has 0 radical (unpaired) electrons. The molecule has 8 heteroatoms. The molecule has 166 valence electrons. The lowest BCUT2D eigenvalue weighted by Crippen LogP contribution is -2.08. The molecule has 2 heterocycles. The van der Waals surface area contributed by atoms with Gasteiger partial charge in [-0.25, -0.2) is 4.98 Å². The first-order valence-corrected chi connectivity index (χ1v) is 11.2. The second-order valence-electron chi connectivity index (χ2n) is 6.76. The van der Waals surface area contributed by atoms with E-state index in [2.05, 4.69) is 11.6 Å². The monoisotopic (exact) mass is 469 g/mol. The van der Waals surface area contributed by atoms with Gasteiger partial charge in [-0.15, -0.1) is 11.8 Å². The van der Waals surface area contributed by atoms with Crippen molar-refractivity contribution in [3.8, 4) is 5.75 Å². The maximum atomic E-state index is 11.5. The Balaban J connectivity index is 1.95. The van der Waals surface area contributed by atoms with Crippen molar-refractivity contribution in [2.45, 2.75) is 25.3 Å². The fourth-order valence-corrected chi connectivity index (χ4v) is 4.25. The predicted octanol–water partition coefficient (Wildman–Crippen LogP) is 5.92. The van der Waals surface area contributed by atoms with Gasteiger partial charge in [0.05, 0.1) is 23.6 Å². The van der Waals surface area contributed by atoms with Crippen LogP contribution in [0.25, 0.3) is 10.9 Å². The van der Waals surface area contributed by atoms with Crippen molar-refractivity contribution in [2.75, 3.05) is 17.8 Å². The molecular weight excluding hydrogens is 446 g/mol. The molecule has 0 unspecified atom stereocenters. The first-order chi connectivity index (χ1) is 15.5. The zero-order valence-electron chi connectivity index (χ0n) is 18.2. The molecule has 1 aromatic carbocycles. The van der Waals surface area contributed by atoms with Crippen LogP contribution < -0.4 is 9.64 Å². The number of thioether (sulfide) groups is 1. The van der Waals surface area contributed by atoms with E-state index in [1.54, 1.807) is 18.6 Å². The third-order valence-corrected chi connectivity index (χ3v) is 5.97. The first kappa shape index (κ1) is 23.6. The lowest BCUT2D eigenvalue weighted by Gasteiger charge is -2.19. The van der Waals surface area contributed by atoms with E-state index in [9.17, 15) is 4.79 Å². The van der Waals surface area contributed by atoms with Crippen LogP contribution in [0.15, 0.2) is 66.6 Å². The van der Waals surface area contributed by atoms with Gasteiger partial charge in [0, 0.05) is 46.3 Å². The number of rotatable bonds is 9. The number of benzene rings is 1. The van der Waals surface area contributed by atoms with E-state index in [-0.39, 0.29) is 18.3 Å². The number of fused-ring (bicyclic) bond motifs is 1. The van der Waals surface area contributed by atoms with Crippen LogP contribution in [-0.2, 0) is 16.1 Å². The molecule has 0 aliphatic carbocycles. The number of pyridine rings is 2. The van der Waals surface area contributed by atoms with Crippen molar-refractivity contribution in [3.63, 3.8) is 0 Å². The summed E-state index contributed by atoms with van der Waals surface area (Å²) in [5, 5.41) is 1.41. The van der Waals surface area contributed by atoms with E-state index in [1.165, 1.54) is 18.9 Å². The van der Waals surface area contributed by atoms with Crippen molar-refractivity contribution in [2.24, 2.45) is 0 Å². The highest BCUT2D eigenvalue weighted by Gasteiger charge is 2.15. The first-order valence-electron chi connectivity index (χ1n) is 9.87. The summed E-state index contributed by atoms with van der Waals surface area (Å²) < 4.78 is 10.9. The molecule has 0 spiro atoms. The molecule has 0 bridgehead atoms. The summed E-state index contributed by atoms with van der Waals surface area (Å²) in [4.78, 5) is 23.1. The molecule has 0 atom stereocenters. The van der Waals surface area contributed by atoms with E-state index in [0.717, 1.165) is 32.7 Å². The van der Waals surface area contributed by atoms with Gasteiger partial charge in [-0.3, -0.25) is 9.78 Å². The Morgan fingerprint density at radius 2 is 2.16 bits per heavy atom. The molecule has 2 aromatic heterocycles. The molecule has 0 saturated heterocycles. The highest BCUT2D eigenvalue weighted by molar-refractivity contribution is 8.00. The molecule has 3 aromatic rings. The number of carbonyl (C=O) groups excluding carboxylic acids is 1. The van der Waals surface area contributed by atoms with Crippen molar-refractivity contribution in [3.05, 3.63) is 78.0 Å². The number of ether oxygens (including phenoxy) is 2. The van der Waals surface area contributed by atoms with Crippen molar-refractivity contribution in [1.82, 2.24) is 9.97 Å². The van der Waals surface area contributed by atoms with Crippen molar-refractivity contribution >= 4 is 45.9 Å². The number of nitrogens with zero attached hydrogens (tertiary/aromatic N) is 3. The van der Waals surface area contributed by atoms with Crippen molar-refractivity contribution in [1.29, 1.82) is 0 Å². The molecule has 32 heavy (non-hydrogen) atoms. The van der Waals surface area contributed by atoms with Gasteiger partial charge in [-0.1, -0.05) is 36.4 Å². The van der Waals surface area contributed by atoms with Crippen LogP contribution >= 0.6 is 23.4 Å². The number of aromatic nitrogens is 2. The highest BCUT2D eigenvalue weighted by atomic mass is 35.5. The van der Waals surface area contributed by atoms with Gasteiger partial charge < -0.3 is 14.4 Å². The lowest BCUT2D eigenvalue weighted by atomic mass is 10.1. The standard InChI is InChI=1S/C24H24ClN3O3S/c1-5-10-28(6-2)20-11-16(3)27-24-17(20)8-7-9-21(24)31-14-18-19(25)12-26-13-22(18)32-15-23(29)30-4/h5-13H,2,14-15H2,1,3-4H3/b10-5-. The van der Waals surface area contributed by atoms with Gasteiger partial charge in [-0.05, 0) is 26.0 Å². The Labute approximate surface area is 196 Å². The van der Waals surface area contributed by atoms with Gasteiger partial charge in [0.25, 0.3) is 0 Å². The van der Waals surface area contributed by atoms with E-state index in [1.807, 2.05) is 55.3 Å². The van der Waals surface area contributed by atoms with Gasteiger partial charge in [0.15, 0.2) is 0 Å². The van der Waals surface area contributed by atoms with Crippen LogP contribution in [-0.4, -0.2) is 28.8 Å². The highest BCUT2D eigenvalue weighted by Crippen LogP contribution is 2.34. The number of anilines is 1. The van der Waals surface area contributed by atoms with Gasteiger partial charge in [0.2, 0.25) is 0 Å². The SMILES string of the molecule is C=CN(/C=C\C)c1cc(C)nc2c(OCc3c(Cl)cncc3SCC(=O)OC)cccc12. The van der Waals surface area contributed by atoms with E-state index in [0.29, 0.717) is 10.8 Å². The number of carbonyl (C=O) groups is 1. The van der Waals surface area contributed by atoms with Crippen LogP contribution in [0.4, 0.5) is 5.69 Å². The van der Waals surface area contributed by atoms with Crippen LogP contribution in [0.3, 0.4) is 0 Å². The second kappa shape index (κ2) is 11.0. The topological polar surface area (TPSA) is 64.5 Å². The fraction of sp³-hybridized carbons (Fsp3) is 0.208. The summed E-state index contributed by atoms with van der Waals surface area (Å²) in [7, 11) is 1.36. The minimum Gasteiger partial charge on any atom is -0.487 e. The number of halogens is 1. The zero-order chi connectivity index (χ0) is 23.1. The number of hydrogen-bond acceptors (Lipinski definition) is 7. The van der Waals surface area contributed by atoms with E-state index in [4.69, 9.17) is 26.1 Å². The summed E-state index contributed by atoms with van der Waals surface area (Å²) in [5.41, 5.74) is 3.31. The van der Waals surface area contributed by atoms with Crippen LogP contribution in [0.1, 0.15) is 18.2 Å². The zero-order valence-corrected chi connectivity index (χ0v) is 19.7. The normalized spacial score (nSPS) is 11.0. The summed E-state index contributed by atoms with van der Waals surface area (Å²) in [5.74, 6) is 0.469. The molecule has 0 fully saturated rings. The minimum atomic E-state index is -0.323. The van der Waals surface area contributed by atoms with Crippen LogP contribution in [0.2, 0.25) is 5.02 Å². The molecule has 0 amide bonds. The van der Waals surface area contributed by atoms with Gasteiger partial charge in [-0.2, -0.15) is 0 Å². The third-order valence-electron chi connectivity index (χ3n) is 4.60. The molecule has 0 aliphatic rings. The smallest absolute Gasteiger partial charge is 0.315 e. The fourth-order valence-electron chi connectivity index (χ4n) is 3.11. The third kappa shape index (κ3) is 5.41. The number of methoxy groups -OCH3 is 1. The summed E-state index contributed by atoms with van der Waals surface area (Å²) in [6, 6.07) is 7.81. The average molecular weight is 470 g/mol. The van der Waals surface area contributed by atoms with Crippen molar-refractivity contribution < 1.29 is 14.3 Å². The number of allylic oxidation sites excluding steroid dienone is 1. The maximum Gasteiger partial charge on any atom is 0.315 e. The Bertz CT molecular complexity index is 1170. The molecule has 0 saturated carbocycles. The minimum absolute atomic E-state index is 0.159. The van der Waals surface area contributed by atoms with E-state index < -0.39 is 0 Å².